The topological polar surface area (TPSA) is 28.2 Å². The summed E-state index contributed by atoms with van der Waals surface area (Å²) < 4.78 is 0. The Kier molecular flexibility index (Phi) is 4.62. The van der Waals surface area contributed by atoms with Gasteiger partial charge < -0.3 is 10.2 Å². The molecule has 0 aromatic carbocycles. The zero-order valence-corrected chi connectivity index (χ0v) is 12.8. The molecule has 18 heavy (non-hydrogen) atoms. The van der Waals surface area contributed by atoms with Gasteiger partial charge in [-0.1, -0.05) is 13.8 Å². The smallest absolute Gasteiger partial charge is 0.185 e. The number of nitrogens with zero attached hydrogens (tertiary/aromatic N) is 2. The summed E-state index contributed by atoms with van der Waals surface area (Å²) in [6.45, 7) is 11.1. The summed E-state index contributed by atoms with van der Waals surface area (Å²) in [6, 6.07) is 0.993. The Balaban J connectivity index is 2.08. The van der Waals surface area contributed by atoms with E-state index in [0.29, 0.717) is 12.1 Å². The van der Waals surface area contributed by atoms with Gasteiger partial charge in [0, 0.05) is 24.0 Å². The van der Waals surface area contributed by atoms with Gasteiger partial charge in [-0.3, -0.25) is 0 Å². The molecule has 1 N–H and O–H groups in total. The molecule has 0 bridgehead atoms. The van der Waals surface area contributed by atoms with Crippen LogP contribution < -0.4 is 10.2 Å². The number of piperidine rings is 1. The summed E-state index contributed by atoms with van der Waals surface area (Å²) in [5, 5.41) is 6.83. The van der Waals surface area contributed by atoms with E-state index in [4.69, 9.17) is 4.98 Å². The van der Waals surface area contributed by atoms with Crippen LogP contribution in [0.2, 0.25) is 0 Å². The predicted octanol–water partition coefficient (Wildman–Crippen LogP) is 3.44. The summed E-state index contributed by atoms with van der Waals surface area (Å²) in [4.78, 5) is 7.31. The Hall–Kier alpha value is -0.610. The van der Waals surface area contributed by atoms with Crippen LogP contribution in [0, 0.1) is 5.92 Å². The van der Waals surface area contributed by atoms with E-state index in [9.17, 15) is 0 Å². The highest BCUT2D eigenvalue weighted by atomic mass is 32.1. The number of hydrogen-bond acceptors (Lipinski definition) is 4. The molecule has 2 heterocycles. The monoisotopic (exact) mass is 267 g/mol. The van der Waals surface area contributed by atoms with Gasteiger partial charge in [-0.25, -0.2) is 4.98 Å². The van der Waals surface area contributed by atoms with Gasteiger partial charge in [0.15, 0.2) is 5.13 Å². The first kappa shape index (κ1) is 13.8. The molecule has 1 aliphatic heterocycles. The Morgan fingerprint density at radius 1 is 1.50 bits per heavy atom. The van der Waals surface area contributed by atoms with Crippen LogP contribution in [0.4, 0.5) is 5.13 Å². The molecule has 4 heteroatoms. The van der Waals surface area contributed by atoms with Crippen molar-refractivity contribution in [3.05, 3.63) is 11.1 Å². The standard InChI is InChI=1S/C14H25N3S/c1-5-15-12(4)13-9-18-14(16-13)17-8-10(2)6-7-11(17)3/h9-12,15H,5-8H2,1-4H3. The lowest BCUT2D eigenvalue weighted by atomic mass is 9.96. The number of thiazole rings is 1. The minimum Gasteiger partial charge on any atom is -0.345 e. The predicted molar refractivity (Wildman–Crippen MR) is 79.4 cm³/mol. The number of hydrogen-bond donors (Lipinski definition) is 1. The van der Waals surface area contributed by atoms with Crippen LogP contribution in [-0.4, -0.2) is 24.1 Å². The molecule has 1 aliphatic rings. The molecule has 1 aromatic heterocycles. The third-order valence-electron chi connectivity index (χ3n) is 3.83. The molecule has 0 aliphatic carbocycles. The van der Waals surface area contributed by atoms with Crippen LogP contribution in [0.25, 0.3) is 0 Å². The lowest BCUT2D eigenvalue weighted by molar-refractivity contribution is 0.389. The van der Waals surface area contributed by atoms with Gasteiger partial charge in [-0.2, -0.15) is 0 Å². The van der Waals surface area contributed by atoms with E-state index in [-0.39, 0.29) is 0 Å². The fourth-order valence-electron chi connectivity index (χ4n) is 2.57. The van der Waals surface area contributed by atoms with Crippen molar-refractivity contribution in [1.29, 1.82) is 0 Å². The lowest BCUT2D eigenvalue weighted by Gasteiger charge is -2.36. The molecule has 3 unspecified atom stereocenters. The molecule has 0 radical (unpaired) electrons. The van der Waals surface area contributed by atoms with E-state index in [2.05, 4.69) is 43.3 Å². The van der Waals surface area contributed by atoms with Gasteiger partial charge in [0.25, 0.3) is 0 Å². The summed E-state index contributed by atoms with van der Waals surface area (Å²) in [6.07, 6.45) is 2.64. The van der Waals surface area contributed by atoms with Gasteiger partial charge in [-0.15, -0.1) is 11.3 Å². The first-order valence-corrected chi connectivity index (χ1v) is 7.95. The quantitative estimate of drug-likeness (QED) is 0.906. The third-order valence-corrected chi connectivity index (χ3v) is 4.72. The minimum atomic E-state index is 0.359. The second kappa shape index (κ2) is 6.02. The zero-order valence-electron chi connectivity index (χ0n) is 11.9. The van der Waals surface area contributed by atoms with Crippen LogP contribution in [0.3, 0.4) is 0 Å². The molecular formula is C14H25N3S. The van der Waals surface area contributed by atoms with E-state index >= 15 is 0 Å². The molecule has 0 saturated carbocycles. The van der Waals surface area contributed by atoms with Crippen molar-refractivity contribution < 1.29 is 0 Å². The van der Waals surface area contributed by atoms with Crippen LogP contribution >= 0.6 is 11.3 Å². The van der Waals surface area contributed by atoms with Crippen LogP contribution in [0.1, 0.15) is 52.3 Å². The first-order chi connectivity index (χ1) is 8.61. The molecule has 2 rings (SSSR count). The molecular weight excluding hydrogens is 242 g/mol. The number of aromatic nitrogens is 1. The van der Waals surface area contributed by atoms with Crippen molar-refractivity contribution >= 4 is 16.5 Å². The molecule has 0 amide bonds. The maximum Gasteiger partial charge on any atom is 0.185 e. The van der Waals surface area contributed by atoms with Gasteiger partial charge in [0.2, 0.25) is 0 Å². The van der Waals surface area contributed by atoms with E-state index < -0.39 is 0 Å². The van der Waals surface area contributed by atoms with Crippen molar-refractivity contribution in [1.82, 2.24) is 10.3 Å². The zero-order chi connectivity index (χ0) is 13.1. The van der Waals surface area contributed by atoms with Crippen molar-refractivity contribution in [3.8, 4) is 0 Å². The van der Waals surface area contributed by atoms with E-state index in [1.807, 2.05) is 0 Å². The highest BCUT2D eigenvalue weighted by molar-refractivity contribution is 7.13. The number of anilines is 1. The molecule has 1 saturated heterocycles. The Morgan fingerprint density at radius 2 is 2.28 bits per heavy atom. The molecule has 102 valence electrons. The number of nitrogens with one attached hydrogen (secondary N) is 1. The van der Waals surface area contributed by atoms with Crippen LogP contribution in [-0.2, 0) is 0 Å². The Labute approximate surface area is 115 Å². The fourth-order valence-corrected chi connectivity index (χ4v) is 3.60. The van der Waals surface area contributed by atoms with Gasteiger partial charge >= 0.3 is 0 Å². The largest absolute Gasteiger partial charge is 0.345 e. The fraction of sp³-hybridized carbons (Fsp3) is 0.786. The number of rotatable bonds is 4. The van der Waals surface area contributed by atoms with Gasteiger partial charge in [0.1, 0.15) is 0 Å². The third kappa shape index (κ3) is 3.04. The highest BCUT2D eigenvalue weighted by Crippen LogP contribution is 2.31. The summed E-state index contributed by atoms with van der Waals surface area (Å²) >= 11 is 1.79. The highest BCUT2D eigenvalue weighted by Gasteiger charge is 2.25. The van der Waals surface area contributed by atoms with Crippen LogP contribution in [0.15, 0.2) is 5.38 Å². The lowest BCUT2D eigenvalue weighted by Crippen LogP contribution is -2.41. The SMILES string of the molecule is CCNC(C)c1csc(N2CC(C)CCC2C)n1. The van der Waals surface area contributed by atoms with Crippen LogP contribution in [0.5, 0.6) is 0 Å². The summed E-state index contributed by atoms with van der Waals surface area (Å²) in [7, 11) is 0. The maximum atomic E-state index is 4.82. The van der Waals surface area contributed by atoms with E-state index in [0.717, 1.165) is 19.0 Å². The van der Waals surface area contributed by atoms with Crippen molar-refractivity contribution in [2.24, 2.45) is 5.92 Å². The average Bonchev–Trinajstić information content (AvgIpc) is 2.82. The first-order valence-electron chi connectivity index (χ1n) is 7.07. The molecule has 1 fully saturated rings. The second-order valence-corrected chi connectivity index (χ2v) is 6.35. The van der Waals surface area contributed by atoms with Crippen molar-refractivity contribution in [3.63, 3.8) is 0 Å². The molecule has 3 atom stereocenters. The summed E-state index contributed by atoms with van der Waals surface area (Å²) in [5.41, 5.74) is 1.18. The minimum absolute atomic E-state index is 0.359. The molecule has 3 nitrogen and oxygen atoms in total. The Bertz CT molecular complexity index is 377. The normalized spacial score (nSPS) is 26.3. The van der Waals surface area contributed by atoms with Gasteiger partial charge in [-0.05, 0) is 39.2 Å². The van der Waals surface area contributed by atoms with E-state index in [1.165, 1.54) is 23.7 Å². The maximum absolute atomic E-state index is 4.82. The van der Waals surface area contributed by atoms with E-state index in [1.54, 1.807) is 11.3 Å². The van der Waals surface area contributed by atoms with Crippen molar-refractivity contribution in [2.45, 2.75) is 52.6 Å². The molecule has 0 spiro atoms. The van der Waals surface area contributed by atoms with Gasteiger partial charge in [0.05, 0.1) is 5.69 Å². The average molecular weight is 267 g/mol. The van der Waals surface area contributed by atoms with Crippen molar-refractivity contribution in [2.75, 3.05) is 18.0 Å². The summed E-state index contributed by atoms with van der Waals surface area (Å²) in [5.74, 6) is 0.791. The second-order valence-electron chi connectivity index (χ2n) is 5.52. The Morgan fingerprint density at radius 3 is 3.00 bits per heavy atom. The molecule has 1 aromatic rings.